The van der Waals surface area contributed by atoms with Crippen molar-refractivity contribution in [1.29, 1.82) is 0 Å². The van der Waals surface area contributed by atoms with Gasteiger partial charge in [-0.15, -0.1) is 0 Å². The molecule has 0 radical (unpaired) electrons. The van der Waals surface area contributed by atoms with Gasteiger partial charge in [-0.3, -0.25) is 0 Å². The Morgan fingerprint density at radius 2 is 1.89 bits per heavy atom. The number of nitrogens with one attached hydrogen (secondary N) is 1. The first-order valence-corrected chi connectivity index (χ1v) is 11.8. The molecule has 0 fully saturated rings. The highest BCUT2D eigenvalue weighted by Crippen LogP contribution is 2.41. The molecule has 0 bridgehead atoms. The van der Waals surface area contributed by atoms with Crippen molar-refractivity contribution in [3.63, 3.8) is 0 Å². The van der Waals surface area contributed by atoms with E-state index in [2.05, 4.69) is 49.7 Å². The number of nitrogens with two attached hydrogens (primary N) is 1. The van der Waals surface area contributed by atoms with Crippen molar-refractivity contribution in [3.05, 3.63) is 41.2 Å². The van der Waals surface area contributed by atoms with Crippen molar-refractivity contribution in [2.75, 3.05) is 7.11 Å². The molecule has 0 unspecified atom stereocenters. The van der Waals surface area contributed by atoms with E-state index in [0.29, 0.717) is 17.4 Å². The van der Waals surface area contributed by atoms with E-state index in [1.54, 1.807) is 7.11 Å². The number of rotatable bonds is 5. The minimum atomic E-state index is -0.157. The number of aliphatic imine (C=N–C) groups is 1. The van der Waals surface area contributed by atoms with Gasteiger partial charge in [-0.1, -0.05) is 39.8 Å². The largest absolute Gasteiger partial charge is 0.496 e. The van der Waals surface area contributed by atoms with E-state index in [-0.39, 0.29) is 11.3 Å². The molecule has 8 heteroatoms. The molecule has 0 aliphatic heterocycles. The monoisotopic (exact) mass is 474 g/mol. The van der Waals surface area contributed by atoms with E-state index in [4.69, 9.17) is 25.0 Å². The van der Waals surface area contributed by atoms with Crippen molar-refractivity contribution >= 4 is 33.5 Å². The summed E-state index contributed by atoms with van der Waals surface area (Å²) in [6, 6.07) is 4.05. The van der Waals surface area contributed by atoms with Gasteiger partial charge in [-0.25, -0.2) is 15.0 Å². The molecule has 184 valence electrons. The van der Waals surface area contributed by atoms with Gasteiger partial charge >= 0.3 is 0 Å². The van der Waals surface area contributed by atoms with Crippen LogP contribution in [0.15, 0.2) is 33.4 Å². The van der Waals surface area contributed by atoms with Crippen LogP contribution >= 0.6 is 0 Å². The Labute approximate surface area is 205 Å². The maximum atomic E-state index is 6.39. The standard InChI is InChI=1S/C27H34N6O2/c1-13(2)19(12-22(28)27(6,7)8)31-25-24-17-11-21(34-9)18(23-14(3)33-35-15(23)4)10-20(17)32-26(24)30-16(5)29-25/h10-13H,28H2,1-9H3,(H,29,30,32). The van der Waals surface area contributed by atoms with Crippen LogP contribution in [0.1, 0.15) is 51.9 Å². The summed E-state index contributed by atoms with van der Waals surface area (Å²) in [7, 11) is 1.66. The maximum Gasteiger partial charge on any atom is 0.165 e. The topological polar surface area (TPSA) is 115 Å². The number of ether oxygens (including phenoxy) is 1. The van der Waals surface area contributed by atoms with E-state index < -0.39 is 0 Å². The maximum absolute atomic E-state index is 6.39. The molecule has 35 heavy (non-hydrogen) atoms. The summed E-state index contributed by atoms with van der Waals surface area (Å²) in [5.74, 6) is 2.85. The molecule has 4 aromatic rings. The lowest BCUT2D eigenvalue weighted by atomic mass is 9.90. The van der Waals surface area contributed by atoms with Gasteiger partial charge in [0.2, 0.25) is 0 Å². The van der Waals surface area contributed by atoms with E-state index in [1.165, 1.54) is 0 Å². The molecule has 8 nitrogen and oxygen atoms in total. The van der Waals surface area contributed by atoms with Crippen LogP contribution in [0.3, 0.4) is 0 Å². The summed E-state index contributed by atoms with van der Waals surface area (Å²) < 4.78 is 11.2. The molecule has 0 atom stereocenters. The number of H-pyrrole nitrogens is 1. The Morgan fingerprint density at radius 1 is 1.17 bits per heavy atom. The smallest absolute Gasteiger partial charge is 0.165 e. The molecule has 3 aromatic heterocycles. The minimum absolute atomic E-state index is 0.157. The fourth-order valence-electron chi connectivity index (χ4n) is 4.05. The lowest BCUT2D eigenvalue weighted by Gasteiger charge is -2.20. The fraction of sp³-hybridized carbons (Fsp3) is 0.407. The minimum Gasteiger partial charge on any atom is -0.496 e. The predicted octanol–water partition coefficient (Wildman–Crippen LogP) is 6.32. The van der Waals surface area contributed by atoms with Crippen molar-refractivity contribution in [3.8, 4) is 16.9 Å². The number of nitrogens with zero attached hydrogens (tertiary/aromatic N) is 4. The highest BCUT2D eigenvalue weighted by atomic mass is 16.5. The third-order valence-corrected chi connectivity index (χ3v) is 6.16. The lowest BCUT2D eigenvalue weighted by molar-refractivity contribution is 0.393. The highest BCUT2D eigenvalue weighted by molar-refractivity contribution is 6.13. The van der Waals surface area contributed by atoms with Crippen LogP contribution in [0.4, 0.5) is 5.82 Å². The molecule has 4 rings (SSSR count). The normalized spacial score (nSPS) is 13.4. The van der Waals surface area contributed by atoms with Crippen LogP contribution < -0.4 is 10.5 Å². The number of allylic oxidation sites excluding steroid dienone is 2. The van der Waals surface area contributed by atoms with Gasteiger partial charge in [0.05, 0.1) is 23.8 Å². The SMILES string of the molecule is COc1cc2c(cc1-c1c(C)noc1C)[nH]c1nc(C)nc(N=C(C=C(N)C(C)(C)C)C(C)C)c12. The molecule has 0 aliphatic carbocycles. The summed E-state index contributed by atoms with van der Waals surface area (Å²) in [6.45, 7) is 16.2. The summed E-state index contributed by atoms with van der Waals surface area (Å²) in [5.41, 5.74) is 12.1. The summed E-state index contributed by atoms with van der Waals surface area (Å²) in [6.07, 6.45) is 1.97. The number of aryl methyl sites for hydroxylation is 3. The van der Waals surface area contributed by atoms with Gasteiger partial charge in [0.1, 0.15) is 23.0 Å². The van der Waals surface area contributed by atoms with E-state index in [0.717, 1.165) is 55.9 Å². The first kappa shape index (κ1) is 24.4. The first-order valence-electron chi connectivity index (χ1n) is 11.8. The number of fused-ring (bicyclic) bond motifs is 3. The van der Waals surface area contributed by atoms with Gasteiger partial charge in [-0.05, 0) is 44.9 Å². The predicted molar refractivity (Wildman–Crippen MR) is 141 cm³/mol. The van der Waals surface area contributed by atoms with Crippen molar-refractivity contribution < 1.29 is 9.26 Å². The molecule has 0 amide bonds. The summed E-state index contributed by atoms with van der Waals surface area (Å²) >= 11 is 0. The Hall–Kier alpha value is -3.68. The third kappa shape index (κ3) is 4.52. The molecule has 0 saturated heterocycles. The van der Waals surface area contributed by atoms with Crippen molar-refractivity contribution in [2.24, 2.45) is 22.1 Å². The van der Waals surface area contributed by atoms with Crippen molar-refractivity contribution in [1.82, 2.24) is 20.1 Å². The second kappa shape index (κ2) is 8.83. The van der Waals surface area contributed by atoms with Crippen LogP contribution in [-0.4, -0.2) is 32.9 Å². The Balaban J connectivity index is 2.01. The number of benzene rings is 1. The summed E-state index contributed by atoms with van der Waals surface area (Å²) in [5, 5.41) is 5.88. The number of methoxy groups -OCH3 is 1. The van der Waals surface area contributed by atoms with Crippen LogP contribution in [0.25, 0.3) is 33.1 Å². The molecule has 1 aromatic carbocycles. The first-order chi connectivity index (χ1) is 16.4. The number of aromatic nitrogens is 4. The Kier molecular flexibility index (Phi) is 6.17. The van der Waals surface area contributed by atoms with Crippen LogP contribution in [0.2, 0.25) is 0 Å². The lowest BCUT2D eigenvalue weighted by Crippen LogP contribution is -2.19. The Morgan fingerprint density at radius 3 is 2.46 bits per heavy atom. The zero-order valence-electron chi connectivity index (χ0n) is 22.0. The average Bonchev–Trinajstić information content (AvgIpc) is 3.29. The van der Waals surface area contributed by atoms with E-state index in [9.17, 15) is 0 Å². The van der Waals surface area contributed by atoms with Crippen LogP contribution in [0.5, 0.6) is 5.75 Å². The Bertz CT molecular complexity index is 1460. The molecule has 3 N–H and O–H groups in total. The molecular formula is C27H34N6O2. The molecule has 0 saturated carbocycles. The average molecular weight is 475 g/mol. The second-order valence-corrected chi connectivity index (χ2v) is 10.3. The van der Waals surface area contributed by atoms with Gasteiger partial charge in [0.15, 0.2) is 5.82 Å². The molecule has 3 heterocycles. The number of aromatic amines is 1. The second-order valence-electron chi connectivity index (χ2n) is 10.3. The van der Waals surface area contributed by atoms with Gasteiger partial charge in [0.25, 0.3) is 0 Å². The number of hydrogen-bond donors (Lipinski definition) is 2. The van der Waals surface area contributed by atoms with E-state index in [1.807, 2.05) is 39.0 Å². The zero-order valence-corrected chi connectivity index (χ0v) is 22.0. The number of hydrogen-bond acceptors (Lipinski definition) is 7. The molecule has 0 aliphatic rings. The van der Waals surface area contributed by atoms with Gasteiger partial charge < -0.3 is 20.0 Å². The van der Waals surface area contributed by atoms with E-state index >= 15 is 0 Å². The van der Waals surface area contributed by atoms with Gasteiger partial charge in [-0.2, -0.15) is 0 Å². The molecule has 0 spiro atoms. The third-order valence-electron chi connectivity index (χ3n) is 6.16. The molecular weight excluding hydrogens is 440 g/mol. The summed E-state index contributed by atoms with van der Waals surface area (Å²) in [4.78, 5) is 17.8. The van der Waals surface area contributed by atoms with Crippen LogP contribution in [0, 0.1) is 32.1 Å². The quantitative estimate of drug-likeness (QED) is 0.327. The van der Waals surface area contributed by atoms with Crippen molar-refractivity contribution in [2.45, 2.75) is 55.4 Å². The zero-order chi connectivity index (χ0) is 25.7. The van der Waals surface area contributed by atoms with Gasteiger partial charge in [0, 0.05) is 33.3 Å². The van der Waals surface area contributed by atoms with Crippen LogP contribution in [-0.2, 0) is 0 Å². The highest BCUT2D eigenvalue weighted by Gasteiger charge is 2.21. The fourth-order valence-corrected chi connectivity index (χ4v) is 4.05.